The number of esters is 1. The van der Waals surface area contributed by atoms with Gasteiger partial charge in [-0.15, -0.1) is 0 Å². The SMILES string of the molecule is CCOC(=O)c1[nH]c2ccc(F)cc2c1NC(=O)CN1CCc2ccccc2C1. The summed E-state index contributed by atoms with van der Waals surface area (Å²) in [6.45, 7) is 3.54. The number of H-pyrrole nitrogens is 1. The molecule has 6 nitrogen and oxygen atoms in total. The van der Waals surface area contributed by atoms with Crippen LogP contribution in [0.4, 0.5) is 10.1 Å². The number of ether oxygens (including phenoxy) is 1. The maximum atomic E-state index is 13.8. The molecule has 0 aliphatic carbocycles. The van der Waals surface area contributed by atoms with E-state index in [-0.39, 0.29) is 30.4 Å². The molecule has 0 saturated carbocycles. The van der Waals surface area contributed by atoms with E-state index in [1.54, 1.807) is 6.92 Å². The molecule has 2 aromatic carbocycles. The van der Waals surface area contributed by atoms with E-state index in [0.29, 0.717) is 17.4 Å². The van der Waals surface area contributed by atoms with Gasteiger partial charge in [0.05, 0.1) is 18.8 Å². The third-order valence-electron chi connectivity index (χ3n) is 5.08. The number of halogens is 1. The molecular weight excluding hydrogens is 373 g/mol. The van der Waals surface area contributed by atoms with Crippen molar-refractivity contribution in [2.24, 2.45) is 0 Å². The summed E-state index contributed by atoms with van der Waals surface area (Å²) in [4.78, 5) is 30.0. The van der Waals surface area contributed by atoms with Gasteiger partial charge in [0.25, 0.3) is 0 Å². The van der Waals surface area contributed by atoms with Crippen LogP contribution in [0.5, 0.6) is 0 Å². The fourth-order valence-electron chi connectivity index (χ4n) is 3.72. The molecule has 7 heteroatoms. The number of nitrogens with zero attached hydrogens (tertiary/aromatic N) is 1. The summed E-state index contributed by atoms with van der Waals surface area (Å²) >= 11 is 0. The van der Waals surface area contributed by atoms with E-state index >= 15 is 0 Å². The average molecular weight is 395 g/mol. The fourth-order valence-corrected chi connectivity index (χ4v) is 3.72. The normalized spacial score (nSPS) is 13.9. The molecule has 29 heavy (non-hydrogen) atoms. The molecule has 4 rings (SSSR count). The van der Waals surface area contributed by atoms with Crippen molar-refractivity contribution in [2.45, 2.75) is 19.9 Å². The van der Waals surface area contributed by atoms with E-state index in [9.17, 15) is 14.0 Å². The van der Waals surface area contributed by atoms with Gasteiger partial charge < -0.3 is 15.0 Å². The second-order valence-electron chi connectivity index (χ2n) is 7.06. The number of carbonyl (C=O) groups excluding carboxylic acids is 2. The quantitative estimate of drug-likeness (QED) is 0.649. The Labute approximate surface area is 167 Å². The summed E-state index contributed by atoms with van der Waals surface area (Å²) in [6.07, 6.45) is 0.885. The first-order chi connectivity index (χ1) is 14.0. The van der Waals surface area contributed by atoms with Crippen LogP contribution < -0.4 is 5.32 Å². The number of hydrogen-bond acceptors (Lipinski definition) is 4. The van der Waals surface area contributed by atoms with Crippen LogP contribution in [0.3, 0.4) is 0 Å². The van der Waals surface area contributed by atoms with Crippen LogP contribution in [-0.2, 0) is 22.5 Å². The topological polar surface area (TPSA) is 74.4 Å². The Morgan fingerprint density at radius 2 is 2.00 bits per heavy atom. The van der Waals surface area contributed by atoms with Gasteiger partial charge >= 0.3 is 5.97 Å². The van der Waals surface area contributed by atoms with E-state index in [4.69, 9.17) is 4.74 Å². The van der Waals surface area contributed by atoms with Crippen molar-refractivity contribution in [3.63, 3.8) is 0 Å². The molecule has 2 N–H and O–H groups in total. The number of carbonyl (C=O) groups is 2. The molecule has 0 atom stereocenters. The van der Waals surface area contributed by atoms with Gasteiger partial charge in [0.1, 0.15) is 11.5 Å². The molecule has 3 aromatic rings. The van der Waals surface area contributed by atoms with Gasteiger partial charge in [-0.3, -0.25) is 9.69 Å². The van der Waals surface area contributed by atoms with Crippen LogP contribution in [-0.4, -0.2) is 41.5 Å². The number of aromatic amines is 1. The predicted molar refractivity (Wildman–Crippen MR) is 108 cm³/mol. The summed E-state index contributed by atoms with van der Waals surface area (Å²) < 4.78 is 18.8. The lowest BCUT2D eigenvalue weighted by molar-refractivity contribution is -0.117. The molecule has 1 aliphatic heterocycles. The Morgan fingerprint density at radius 1 is 1.21 bits per heavy atom. The van der Waals surface area contributed by atoms with E-state index < -0.39 is 11.8 Å². The minimum atomic E-state index is -0.591. The number of rotatable bonds is 5. The van der Waals surface area contributed by atoms with Crippen molar-refractivity contribution in [1.82, 2.24) is 9.88 Å². The summed E-state index contributed by atoms with van der Waals surface area (Å²) in [5.41, 5.74) is 3.44. The molecule has 1 aromatic heterocycles. The standard InChI is InChI=1S/C22H22FN3O3/c1-2-29-22(28)21-20(17-11-16(23)7-8-18(17)24-21)25-19(27)13-26-10-9-14-5-3-4-6-15(14)12-26/h3-8,11,24H,2,9-10,12-13H2,1H3,(H,25,27). The van der Waals surface area contributed by atoms with Crippen molar-refractivity contribution < 1.29 is 18.7 Å². The van der Waals surface area contributed by atoms with E-state index in [1.165, 1.54) is 29.3 Å². The van der Waals surface area contributed by atoms with Crippen LogP contribution in [0.15, 0.2) is 42.5 Å². The van der Waals surface area contributed by atoms with Crippen LogP contribution >= 0.6 is 0 Å². The van der Waals surface area contributed by atoms with Crippen molar-refractivity contribution in [2.75, 3.05) is 25.0 Å². The van der Waals surface area contributed by atoms with Gasteiger partial charge in [-0.2, -0.15) is 0 Å². The molecule has 0 unspecified atom stereocenters. The highest BCUT2D eigenvalue weighted by atomic mass is 19.1. The lowest BCUT2D eigenvalue weighted by Crippen LogP contribution is -2.37. The zero-order chi connectivity index (χ0) is 20.4. The lowest BCUT2D eigenvalue weighted by Gasteiger charge is -2.28. The molecule has 1 amide bonds. The van der Waals surface area contributed by atoms with Crippen molar-refractivity contribution in [3.05, 3.63) is 65.1 Å². The average Bonchev–Trinajstić information content (AvgIpc) is 3.05. The second kappa shape index (κ2) is 8.05. The monoisotopic (exact) mass is 395 g/mol. The first-order valence-electron chi connectivity index (χ1n) is 9.62. The molecule has 150 valence electrons. The van der Waals surface area contributed by atoms with E-state index in [1.807, 2.05) is 12.1 Å². The highest BCUT2D eigenvalue weighted by Crippen LogP contribution is 2.29. The fraction of sp³-hybridized carbons (Fsp3) is 0.273. The molecule has 0 fully saturated rings. The zero-order valence-electron chi connectivity index (χ0n) is 16.1. The molecule has 2 heterocycles. The number of amides is 1. The summed E-state index contributed by atoms with van der Waals surface area (Å²) in [5, 5.41) is 3.23. The molecule has 0 saturated heterocycles. The molecular formula is C22H22FN3O3. The van der Waals surface area contributed by atoms with Gasteiger partial charge in [-0.05, 0) is 42.7 Å². The van der Waals surface area contributed by atoms with Crippen LogP contribution in [0.2, 0.25) is 0 Å². The summed E-state index contributed by atoms with van der Waals surface area (Å²) in [5.74, 6) is -1.30. The minimum absolute atomic E-state index is 0.116. The second-order valence-corrected chi connectivity index (χ2v) is 7.06. The number of benzene rings is 2. The third kappa shape index (κ3) is 4.00. The van der Waals surface area contributed by atoms with E-state index in [0.717, 1.165) is 13.0 Å². The first-order valence-corrected chi connectivity index (χ1v) is 9.62. The van der Waals surface area contributed by atoms with Gasteiger partial charge in [0.2, 0.25) is 5.91 Å². The van der Waals surface area contributed by atoms with Crippen molar-refractivity contribution in [3.8, 4) is 0 Å². The maximum Gasteiger partial charge on any atom is 0.356 e. The molecule has 0 spiro atoms. The molecule has 0 bridgehead atoms. The van der Waals surface area contributed by atoms with Crippen molar-refractivity contribution in [1.29, 1.82) is 0 Å². The Balaban J connectivity index is 1.55. The minimum Gasteiger partial charge on any atom is -0.461 e. The van der Waals surface area contributed by atoms with Gasteiger partial charge in [-0.25, -0.2) is 9.18 Å². The van der Waals surface area contributed by atoms with Crippen LogP contribution in [0, 0.1) is 5.82 Å². The number of hydrogen-bond donors (Lipinski definition) is 2. The largest absolute Gasteiger partial charge is 0.461 e. The smallest absolute Gasteiger partial charge is 0.356 e. The van der Waals surface area contributed by atoms with Gasteiger partial charge in [0, 0.05) is 24.0 Å². The third-order valence-corrected chi connectivity index (χ3v) is 5.08. The Morgan fingerprint density at radius 3 is 2.79 bits per heavy atom. The number of nitrogens with one attached hydrogen (secondary N) is 2. The van der Waals surface area contributed by atoms with E-state index in [2.05, 4.69) is 27.3 Å². The number of aromatic nitrogens is 1. The Hall–Kier alpha value is -3.19. The molecule has 1 aliphatic rings. The van der Waals surface area contributed by atoms with Gasteiger partial charge in [-0.1, -0.05) is 24.3 Å². The summed E-state index contributed by atoms with van der Waals surface area (Å²) in [6, 6.07) is 12.3. The summed E-state index contributed by atoms with van der Waals surface area (Å²) in [7, 11) is 0. The van der Waals surface area contributed by atoms with Crippen LogP contribution in [0.25, 0.3) is 10.9 Å². The molecule has 0 radical (unpaired) electrons. The maximum absolute atomic E-state index is 13.8. The highest BCUT2D eigenvalue weighted by molar-refractivity contribution is 6.11. The van der Waals surface area contributed by atoms with Gasteiger partial charge in [0.15, 0.2) is 0 Å². The predicted octanol–water partition coefficient (Wildman–Crippen LogP) is 3.48. The highest BCUT2D eigenvalue weighted by Gasteiger charge is 2.23. The first kappa shape index (κ1) is 19.1. The van der Waals surface area contributed by atoms with Crippen molar-refractivity contribution >= 4 is 28.5 Å². The zero-order valence-corrected chi connectivity index (χ0v) is 16.1. The Bertz CT molecular complexity index is 1080. The Kier molecular flexibility index (Phi) is 5.31. The number of fused-ring (bicyclic) bond motifs is 2. The van der Waals surface area contributed by atoms with Crippen LogP contribution in [0.1, 0.15) is 28.5 Å². The lowest BCUT2D eigenvalue weighted by atomic mass is 10.00. The number of anilines is 1.